The standard InChI is InChI=1S/C16H27N3O/c1-11(2)10-19(12(3)4)16(20)14-9-13(17)7-8-15(14)18(5)6/h7-9,11-12H,10,17H2,1-6H3. The van der Waals surface area contributed by atoms with Gasteiger partial charge < -0.3 is 15.5 Å². The molecule has 4 nitrogen and oxygen atoms in total. The summed E-state index contributed by atoms with van der Waals surface area (Å²) in [5, 5.41) is 0. The summed E-state index contributed by atoms with van der Waals surface area (Å²) in [6, 6.07) is 5.67. The minimum absolute atomic E-state index is 0.0460. The monoisotopic (exact) mass is 277 g/mol. The minimum Gasteiger partial charge on any atom is -0.399 e. The van der Waals surface area contributed by atoms with E-state index in [0.29, 0.717) is 17.2 Å². The highest BCUT2D eigenvalue weighted by molar-refractivity contribution is 6.00. The number of benzene rings is 1. The van der Waals surface area contributed by atoms with Gasteiger partial charge in [-0.15, -0.1) is 0 Å². The van der Waals surface area contributed by atoms with E-state index in [2.05, 4.69) is 13.8 Å². The van der Waals surface area contributed by atoms with Crippen LogP contribution in [0.3, 0.4) is 0 Å². The molecule has 1 aromatic carbocycles. The van der Waals surface area contributed by atoms with Crippen molar-refractivity contribution < 1.29 is 4.79 Å². The number of nitrogens with zero attached hydrogens (tertiary/aromatic N) is 2. The lowest BCUT2D eigenvalue weighted by atomic mass is 10.1. The highest BCUT2D eigenvalue weighted by Crippen LogP contribution is 2.24. The van der Waals surface area contributed by atoms with Crippen LogP contribution >= 0.6 is 0 Å². The molecule has 2 N–H and O–H groups in total. The summed E-state index contributed by atoms with van der Waals surface area (Å²) in [5.74, 6) is 0.481. The molecular weight excluding hydrogens is 250 g/mol. The molecule has 0 unspecified atom stereocenters. The molecule has 0 radical (unpaired) electrons. The molecule has 0 bridgehead atoms. The van der Waals surface area contributed by atoms with Crippen LogP contribution in [-0.4, -0.2) is 37.5 Å². The molecule has 1 aromatic rings. The second-order valence-corrected chi connectivity index (χ2v) is 6.12. The van der Waals surface area contributed by atoms with Crippen LogP contribution in [0.25, 0.3) is 0 Å². The van der Waals surface area contributed by atoms with Gasteiger partial charge in [0.15, 0.2) is 0 Å². The quantitative estimate of drug-likeness (QED) is 0.842. The zero-order valence-corrected chi connectivity index (χ0v) is 13.5. The Hall–Kier alpha value is -1.71. The molecule has 4 heteroatoms. The van der Waals surface area contributed by atoms with E-state index in [1.165, 1.54) is 0 Å². The van der Waals surface area contributed by atoms with E-state index in [9.17, 15) is 4.79 Å². The normalized spacial score (nSPS) is 11.0. The molecule has 0 atom stereocenters. The summed E-state index contributed by atoms with van der Waals surface area (Å²) in [5.41, 5.74) is 8.04. The number of anilines is 2. The van der Waals surface area contributed by atoms with Gasteiger partial charge in [-0.1, -0.05) is 13.8 Å². The maximum atomic E-state index is 12.8. The van der Waals surface area contributed by atoms with Gasteiger partial charge >= 0.3 is 0 Å². The lowest BCUT2D eigenvalue weighted by Crippen LogP contribution is -2.40. The molecule has 0 aliphatic carbocycles. The predicted octanol–water partition coefficient (Wildman–Crippen LogP) is 2.84. The number of carbonyl (C=O) groups excluding carboxylic acids is 1. The lowest BCUT2D eigenvalue weighted by Gasteiger charge is -2.30. The van der Waals surface area contributed by atoms with E-state index in [1.54, 1.807) is 6.07 Å². The van der Waals surface area contributed by atoms with Crippen LogP contribution in [0.2, 0.25) is 0 Å². The van der Waals surface area contributed by atoms with E-state index in [1.807, 2.05) is 49.9 Å². The first-order valence-electron chi connectivity index (χ1n) is 7.11. The summed E-state index contributed by atoms with van der Waals surface area (Å²) in [4.78, 5) is 16.7. The van der Waals surface area contributed by atoms with Crippen LogP contribution in [0.15, 0.2) is 18.2 Å². The van der Waals surface area contributed by atoms with Gasteiger partial charge in [-0.25, -0.2) is 0 Å². The second kappa shape index (κ2) is 6.64. The molecule has 20 heavy (non-hydrogen) atoms. The molecule has 1 amide bonds. The van der Waals surface area contributed by atoms with E-state index >= 15 is 0 Å². The SMILES string of the molecule is CC(C)CN(C(=O)c1cc(N)ccc1N(C)C)C(C)C. The summed E-state index contributed by atoms with van der Waals surface area (Å²) < 4.78 is 0. The molecule has 1 rings (SSSR count). The molecule has 112 valence electrons. The molecule has 0 spiro atoms. The molecule has 0 aromatic heterocycles. The number of hydrogen-bond donors (Lipinski definition) is 1. The topological polar surface area (TPSA) is 49.6 Å². The molecule has 0 aliphatic heterocycles. The average Bonchev–Trinajstić information content (AvgIpc) is 2.34. The number of amides is 1. The third kappa shape index (κ3) is 3.89. The van der Waals surface area contributed by atoms with Crippen LogP contribution in [-0.2, 0) is 0 Å². The number of nitrogens with two attached hydrogens (primary N) is 1. The maximum Gasteiger partial charge on any atom is 0.256 e. The van der Waals surface area contributed by atoms with Crippen LogP contribution in [0.1, 0.15) is 38.1 Å². The van der Waals surface area contributed by atoms with Crippen molar-refractivity contribution >= 4 is 17.3 Å². The summed E-state index contributed by atoms with van der Waals surface area (Å²) in [6.07, 6.45) is 0. The van der Waals surface area contributed by atoms with Crippen molar-refractivity contribution in [3.63, 3.8) is 0 Å². The third-order valence-corrected chi connectivity index (χ3v) is 3.18. The molecular formula is C16H27N3O. The molecule has 0 heterocycles. The second-order valence-electron chi connectivity index (χ2n) is 6.12. The highest BCUT2D eigenvalue weighted by atomic mass is 16.2. The fourth-order valence-electron chi connectivity index (χ4n) is 2.19. The van der Waals surface area contributed by atoms with Gasteiger partial charge in [-0.05, 0) is 38.0 Å². The molecule has 0 saturated carbocycles. The number of nitrogen functional groups attached to an aromatic ring is 1. The van der Waals surface area contributed by atoms with E-state index in [4.69, 9.17) is 5.73 Å². The van der Waals surface area contributed by atoms with Crippen molar-refractivity contribution in [1.29, 1.82) is 0 Å². The Bertz CT molecular complexity index is 467. The number of carbonyl (C=O) groups is 1. The molecule has 0 fully saturated rings. The zero-order chi connectivity index (χ0) is 15.4. The Balaban J connectivity index is 3.20. The van der Waals surface area contributed by atoms with Gasteiger partial charge in [0.25, 0.3) is 5.91 Å². The Labute approximate surface area is 122 Å². The Morgan fingerprint density at radius 2 is 1.80 bits per heavy atom. The van der Waals surface area contributed by atoms with Crippen LogP contribution in [0.5, 0.6) is 0 Å². The number of rotatable bonds is 5. The molecule has 0 saturated heterocycles. The van der Waals surface area contributed by atoms with Crippen molar-refractivity contribution in [3.8, 4) is 0 Å². The molecule has 0 aliphatic rings. The van der Waals surface area contributed by atoms with Gasteiger partial charge in [-0.2, -0.15) is 0 Å². The summed E-state index contributed by atoms with van der Waals surface area (Å²) in [7, 11) is 3.87. The van der Waals surface area contributed by atoms with Gasteiger partial charge in [0.05, 0.1) is 5.56 Å². The van der Waals surface area contributed by atoms with Crippen molar-refractivity contribution in [2.45, 2.75) is 33.7 Å². The van der Waals surface area contributed by atoms with Crippen LogP contribution in [0, 0.1) is 5.92 Å². The first-order valence-corrected chi connectivity index (χ1v) is 7.11. The summed E-state index contributed by atoms with van der Waals surface area (Å²) >= 11 is 0. The lowest BCUT2D eigenvalue weighted by molar-refractivity contribution is 0.0682. The van der Waals surface area contributed by atoms with Gasteiger partial charge in [0.2, 0.25) is 0 Å². The fraction of sp³-hybridized carbons (Fsp3) is 0.562. The van der Waals surface area contributed by atoms with Crippen molar-refractivity contribution in [3.05, 3.63) is 23.8 Å². The van der Waals surface area contributed by atoms with Gasteiger partial charge in [-0.3, -0.25) is 4.79 Å². The zero-order valence-electron chi connectivity index (χ0n) is 13.5. The summed E-state index contributed by atoms with van der Waals surface area (Å²) in [6.45, 7) is 9.08. The van der Waals surface area contributed by atoms with E-state index < -0.39 is 0 Å². The van der Waals surface area contributed by atoms with Crippen molar-refractivity contribution in [2.75, 3.05) is 31.3 Å². The van der Waals surface area contributed by atoms with Crippen LogP contribution < -0.4 is 10.6 Å². The van der Waals surface area contributed by atoms with Gasteiger partial charge in [0.1, 0.15) is 0 Å². The smallest absolute Gasteiger partial charge is 0.256 e. The highest BCUT2D eigenvalue weighted by Gasteiger charge is 2.23. The average molecular weight is 277 g/mol. The van der Waals surface area contributed by atoms with Crippen LogP contribution in [0.4, 0.5) is 11.4 Å². The third-order valence-electron chi connectivity index (χ3n) is 3.18. The Morgan fingerprint density at radius 3 is 2.25 bits per heavy atom. The Kier molecular flexibility index (Phi) is 5.43. The van der Waals surface area contributed by atoms with Gasteiger partial charge in [0, 0.05) is 38.1 Å². The van der Waals surface area contributed by atoms with Crippen molar-refractivity contribution in [1.82, 2.24) is 4.90 Å². The number of hydrogen-bond acceptors (Lipinski definition) is 3. The van der Waals surface area contributed by atoms with E-state index in [0.717, 1.165) is 12.2 Å². The predicted molar refractivity (Wildman–Crippen MR) is 86.2 cm³/mol. The van der Waals surface area contributed by atoms with Crippen molar-refractivity contribution in [2.24, 2.45) is 5.92 Å². The fourth-order valence-corrected chi connectivity index (χ4v) is 2.19. The maximum absolute atomic E-state index is 12.8. The first kappa shape index (κ1) is 16.3. The van der Waals surface area contributed by atoms with E-state index in [-0.39, 0.29) is 11.9 Å². The Morgan fingerprint density at radius 1 is 1.20 bits per heavy atom. The largest absolute Gasteiger partial charge is 0.399 e. The first-order chi connectivity index (χ1) is 9.23. The minimum atomic E-state index is 0.0460.